The second kappa shape index (κ2) is 6.08. The van der Waals surface area contributed by atoms with Crippen molar-refractivity contribution in [3.05, 3.63) is 39.7 Å². The fourth-order valence-electron chi connectivity index (χ4n) is 2.47. The first-order chi connectivity index (χ1) is 9.08. The molecule has 1 unspecified atom stereocenters. The highest BCUT2D eigenvalue weighted by atomic mass is 19.1. The highest BCUT2D eigenvalue weighted by molar-refractivity contribution is 5.40. The van der Waals surface area contributed by atoms with E-state index in [0.29, 0.717) is 18.2 Å². The Bertz CT molecular complexity index is 461. The number of nitrogens with one attached hydrogen (secondary N) is 1. The maximum atomic E-state index is 13.2. The largest absolute Gasteiger partial charge is 0.315 e. The number of nitro benzene ring substituents is 1. The zero-order valence-corrected chi connectivity index (χ0v) is 10.9. The van der Waals surface area contributed by atoms with Crippen molar-refractivity contribution in [2.75, 3.05) is 20.1 Å². The van der Waals surface area contributed by atoms with Crippen molar-refractivity contribution in [1.29, 1.82) is 0 Å². The van der Waals surface area contributed by atoms with Crippen LogP contribution in [0.2, 0.25) is 0 Å². The molecule has 0 aromatic heterocycles. The maximum absolute atomic E-state index is 13.2. The van der Waals surface area contributed by atoms with Gasteiger partial charge in [-0.25, -0.2) is 4.39 Å². The molecule has 1 saturated heterocycles. The van der Waals surface area contributed by atoms with Gasteiger partial charge in [-0.3, -0.25) is 15.0 Å². The van der Waals surface area contributed by atoms with Crippen LogP contribution < -0.4 is 5.32 Å². The molecule has 0 amide bonds. The van der Waals surface area contributed by atoms with E-state index < -0.39 is 10.7 Å². The van der Waals surface area contributed by atoms with E-state index in [1.165, 1.54) is 12.1 Å². The smallest absolute Gasteiger partial charge is 0.274 e. The van der Waals surface area contributed by atoms with Crippen molar-refractivity contribution >= 4 is 5.69 Å². The van der Waals surface area contributed by atoms with Crippen molar-refractivity contribution in [1.82, 2.24) is 10.2 Å². The van der Waals surface area contributed by atoms with Gasteiger partial charge in [-0.2, -0.15) is 0 Å². The number of benzene rings is 1. The number of rotatable bonds is 4. The van der Waals surface area contributed by atoms with Crippen molar-refractivity contribution < 1.29 is 9.31 Å². The van der Waals surface area contributed by atoms with Gasteiger partial charge in [0.1, 0.15) is 5.82 Å². The summed E-state index contributed by atoms with van der Waals surface area (Å²) in [5, 5.41) is 14.2. The molecule has 1 aromatic carbocycles. The standard InChI is InChI=1S/C13H18FN3O2/c1-16(12-3-2-6-15-8-12)9-10-7-11(14)4-5-13(10)17(18)19/h4-5,7,12,15H,2-3,6,8-9H2,1H3. The maximum Gasteiger partial charge on any atom is 0.274 e. The molecule has 1 aromatic rings. The van der Waals surface area contributed by atoms with Gasteiger partial charge < -0.3 is 5.32 Å². The molecule has 2 rings (SSSR count). The van der Waals surface area contributed by atoms with Gasteiger partial charge in [0.05, 0.1) is 4.92 Å². The second-order valence-electron chi connectivity index (χ2n) is 4.95. The third-order valence-electron chi connectivity index (χ3n) is 3.55. The minimum Gasteiger partial charge on any atom is -0.315 e. The van der Waals surface area contributed by atoms with Crippen LogP contribution >= 0.6 is 0 Å². The molecule has 104 valence electrons. The van der Waals surface area contributed by atoms with Gasteiger partial charge in [0.2, 0.25) is 0 Å². The molecule has 5 nitrogen and oxygen atoms in total. The predicted molar refractivity (Wildman–Crippen MR) is 70.4 cm³/mol. The summed E-state index contributed by atoms with van der Waals surface area (Å²) >= 11 is 0. The van der Waals surface area contributed by atoms with Crippen LogP contribution in [0.1, 0.15) is 18.4 Å². The van der Waals surface area contributed by atoms with E-state index in [0.717, 1.165) is 32.0 Å². The Balaban J connectivity index is 2.12. The summed E-state index contributed by atoms with van der Waals surface area (Å²) in [5.74, 6) is -0.434. The lowest BCUT2D eigenvalue weighted by molar-refractivity contribution is -0.385. The number of nitrogens with zero attached hydrogens (tertiary/aromatic N) is 2. The van der Waals surface area contributed by atoms with Gasteiger partial charge in [-0.05, 0) is 38.6 Å². The monoisotopic (exact) mass is 267 g/mol. The van der Waals surface area contributed by atoms with Crippen LogP contribution in [0.15, 0.2) is 18.2 Å². The molecule has 6 heteroatoms. The van der Waals surface area contributed by atoms with Crippen LogP contribution in [-0.4, -0.2) is 36.0 Å². The first-order valence-corrected chi connectivity index (χ1v) is 6.41. The Labute approximate surface area is 111 Å². The molecule has 1 N–H and O–H groups in total. The SMILES string of the molecule is CN(Cc1cc(F)ccc1[N+](=O)[O-])C1CCCNC1. The molecule has 1 atom stereocenters. The van der Waals surface area contributed by atoms with E-state index in [2.05, 4.69) is 5.32 Å². The first-order valence-electron chi connectivity index (χ1n) is 6.41. The van der Waals surface area contributed by atoms with Gasteiger partial charge in [0.25, 0.3) is 5.69 Å². The molecular weight excluding hydrogens is 249 g/mol. The van der Waals surface area contributed by atoms with Crippen LogP contribution in [0.25, 0.3) is 0 Å². The summed E-state index contributed by atoms with van der Waals surface area (Å²) in [6, 6.07) is 3.96. The van der Waals surface area contributed by atoms with Gasteiger partial charge in [-0.1, -0.05) is 0 Å². The highest BCUT2D eigenvalue weighted by Gasteiger charge is 2.21. The summed E-state index contributed by atoms with van der Waals surface area (Å²) in [7, 11) is 1.92. The molecule has 0 radical (unpaired) electrons. The highest BCUT2D eigenvalue weighted by Crippen LogP contribution is 2.22. The summed E-state index contributed by atoms with van der Waals surface area (Å²) in [5.41, 5.74) is 0.412. The van der Waals surface area contributed by atoms with Gasteiger partial charge in [0, 0.05) is 30.8 Å². The number of hydrogen-bond acceptors (Lipinski definition) is 4. The zero-order valence-electron chi connectivity index (χ0n) is 10.9. The van der Waals surface area contributed by atoms with Crippen LogP contribution in [-0.2, 0) is 6.54 Å². The molecule has 1 aliphatic heterocycles. The minimum absolute atomic E-state index is 0.0166. The van der Waals surface area contributed by atoms with Gasteiger partial charge in [0.15, 0.2) is 0 Å². The van der Waals surface area contributed by atoms with E-state index in [1.807, 2.05) is 11.9 Å². The lowest BCUT2D eigenvalue weighted by atomic mass is 10.1. The topological polar surface area (TPSA) is 58.4 Å². The van der Waals surface area contributed by atoms with Crippen LogP contribution in [0, 0.1) is 15.9 Å². The van der Waals surface area contributed by atoms with E-state index in [4.69, 9.17) is 0 Å². The minimum atomic E-state index is -0.457. The van der Waals surface area contributed by atoms with Crippen LogP contribution in [0.4, 0.5) is 10.1 Å². The van der Waals surface area contributed by atoms with Gasteiger partial charge >= 0.3 is 0 Å². The molecule has 19 heavy (non-hydrogen) atoms. The summed E-state index contributed by atoms with van der Waals surface area (Å²) in [6.07, 6.45) is 2.16. The molecule has 0 saturated carbocycles. The molecule has 0 aliphatic carbocycles. The Morgan fingerprint density at radius 2 is 2.37 bits per heavy atom. The number of hydrogen-bond donors (Lipinski definition) is 1. The van der Waals surface area contributed by atoms with Crippen LogP contribution in [0.5, 0.6) is 0 Å². The lowest BCUT2D eigenvalue weighted by Crippen LogP contribution is -2.43. The quantitative estimate of drug-likeness (QED) is 0.669. The van der Waals surface area contributed by atoms with Gasteiger partial charge in [-0.15, -0.1) is 0 Å². The Morgan fingerprint density at radius 3 is 3.00 bits per heavy atom. The number of halogens is 1. The van der Waals surface area contributed by atoms with Crippen molar-refractivity contribution in [3.63, 3.8) is 0 Å². The average Bonchev–Trinajstić information content (AvgIpc) is 2.39. The molecule has 0 spiro atoms. The van der Waals surface area contributed by atoms with E-state index in [-0.39, 0.29) is 5.69 Å². The number of piperidine rings is 1. The predicted octanol–water partition coefficient (Wildman–Crippen LogP) is 1.92. The van der Waals surface area contributed by atoms with E-state index in [1.54, 1.807) is 0 Å². The Morgan fingerprint density at radius 1 is 1.58 bits per heavy atom. The fraction of sp³-hybridized carbons (Fsp3) is 0.538. The lowest BCUT2D eigenvalue weighted by Gasteiger charge is -2.31. The molecular formula is C13H18FN3O2. The average molecular weight is 267 g/mol. The summed E-state index contributed by atoms with van der Waals surface area (Å²) in [6.45, 7) is 2.28. The Kier molecular flexibility index (Phi) is 4.44. The molecule has 1 aliphatic rings. The van der Waals surface area contributed by atoms with Crippen molar-refractivity contribution in [2.45, 2.75) is 25.4 Å². The first kappa shape index (κ1) is 13.9. The molecule has 1 heterocycles. The van der Waals surface area contributed by atoms with Crippen molar-refractivity contribution in [2.24, 2.45) is 0 Å². The third-order valence-corrected chi connectivity index (χ3v) is 3.55. The molecule has 1 fully saturated rings. The van der Waals surface area contributed by atoms with E-state index in [9.17, 15) is 14.5 Å². The zero-order chi connectivity index (χ0) is 13.8. The normalized spacial score (nSPS) is 19.6. The third kappa shape index (κ3) is 3.48. The number of likely N-dealkylation sites (N-methyl/N-ethyl adjacent to an activating group) is 1. The van der Waals surface area contributed by atoms with Crippen LogP contribution in [0.3, 0.4) is 0 Å². The summed E-state index contributed by atoms with van der Waals surface area (Å²) < 4.78 is 13.2. The fourth-order valence-corrected chi connectivity index (χ4v) is 2.47. The second-order valence-corrected chi connectivity index (χ2v) is 4.95. The number of nitro groups is 1. The van der Waals surface area contributed by atoms with E-state index >= 15 is 0 Å². The molecule has 0 bridgehead atoms. The Hall–Kier alpha value is -1.53. The summed E-state index contributed by atoms with van der Waals surface area (Å²) in [4.78, 5) is 12.5. The van der Waals surface area contributed by atoms with Crippen molar-refractivity contribution in [3.8, 4) is 0 Å².